The lowest BCUT2D eigenvalue weighted by atomic mass is 10.0. The van der Waals surface area contributed by atoms with E-state index in [4.69, 9.17) is 4.74 Å². The Balaban J connectivity index is 1.22. The Morgan fingerprint density at radius 1 is 1.05 bits per heavy atom. The third-order valence-corrected chi connectivity index (χ3v) is 10.3. The van der Waals surface area contributed by atoms with Crippen LogP contribution in [0, 0.1) is 10.1 Å². The molecular weight excluding hydrogens is 597 g/mol. The highest BCUT2D eigenvalue weighted by Crippen LogP contribution is 2.46. The van der Waals surface area contributed by atoms with Crippen molar-refractivity contribution < 1.29 is 24.0 Å². The molecule has 4 aromatic rings. The number of ether oxygens (including phenoxy) is 1. The van der Waals surface area contributed by atoms with Crippen LogP contribution in [0.5, 0.6) is 0 Å². The molecule has 1 aromatic heterocycles. The summed E-state index contributed by atoms with van der Waals surface area (Å²) in [6, 6.07) is 21.9. The molecule has 13 heteroatoms. The number of β-lactam (4-membered cyclic amide) rings is 1. The van der Waals surface area contributed by atoms with Gasteiger partial charge in [0.15, 0.2) is 4.34 Å². The van der Waals surface area contributed by atoms with E-state index in [0.29, 0.717) is 16.2 Å². The van der Waals surface area contributed by atoms with Crippen molar-refractivity contribution in [2.75, 3.05) is 5.75 Å². The summed E-state index contributed by atoms with van der Waals surface area (Å²) in [6.45, 7) is -0.128. The van der Waals surface area contributed by atoms with Crippen molar-refractivity contribution in [2.45, 2.75) is 28.8 Å². The number of fused-ring (bicyclic) bond motifs is 2. The number of nitro benzene ring substituents is 1. The Hall–Kier alpha value is -4.20. The lowest BCUT2D eigenvalue weighted by molar-refractivity contribution is -0.384. The standard InChI is InChI=1S/C29H22N4O6S3/c34-23(14-17-6-2-1-3-7-17)31-24-26(35)32-25(28(36)39-15-18-10-12-19(13-11-18)33(37)38)22(16-40-27(24)32)42-29-30-20-8-4-5-9-21(20)41-29/h1-13,24,27H,14-16H2,(H,31,34)/t24?,27-/m1/s1. The number of carbonyl (C=O) groups is 3. The van der Waals surface area contributed by atoms with Gasteiger partial charge in [-0.15, -0.1) is 23.1 Å². The summed E-state index contributed by atoms with van der Waals surface area (Å²) in [6.07, 6.45) is 0.140. The number of rotatable bonds is 9. The number of esters is 1. The molecule has 1 fully saturated rings. The number of thiazole rings is 1. The first-order chi connectivity index (χ1) is 20.4. The highest BCUT2D eigenvalue weighted by Gasteiger charge is 2.54. The molecule has 0 bridgehead atoms. The second kappa shape index (κ2) is 12.0. The predicted octanol–water partition coefficient (Wildman–Crippen LogP) is 4.89. The van der Waals surface area contributed by atoms with Gasteiger partial charge in [0.25, 0.3) is 11.6 Å². The van der Waals surface area contributed by atoms with Gasteiger partial charge in [0, 0.05) is 22.8 Å². The van der Waals surface area contributed by atoms with E-state index < -0.39 is 28.2 Å². The number of carbonyl (C=O) groups excluding carboxylic acids is 3. The van der Waals surface area contributed by atoms with E-state index in [9.17, 15) is 24.5 Å². The average molecular weight is 619 g/mol. The number of non-ortho nitro benzene ring substituents is 1. The highest BCUT2D eigenvalue weighted by molar-refractivity contribution is 8.07. The van der Waals surface area contributed by atoms with Crippen LogP contribution < -0.4 is 5.32 Å². The number of para-hydroxylation sites is 1. The first-order valence-electron chi connectivity index (χ1n) is 12.8. The van der Waals surface area contributed by atoms with Crippen molar-refractivity contribution in [3.05, 3.63) is 111 Å². The van der Waals surface area contributed by atoms with Crippen LogP contribution >= 0.6 is 34.9 Å². The summed E-state index contributed by atoms with van der Waals surface area (Å²) in [5.41, 5.74) is 2.30. The van der Waals surface area contributed by atoms with Gasteiger partial charge in [-0.1, -0.05) is 54.2 Å². The van der Waals surface area contributed by atoms with Crippen molar-refractivity contribution in [3.63, 3.8) is 0 Å². The van der Waals surface area contributed by atoms with E-state index >= 15 is 0 Å². The third kappa shape index (κ3) is 5.75. The highest BCUT2D eigenvalue weighted by atomic mass is 32.2. The van der Waals surface area contributed by atoms with Gasteiger partial charge >= 0.3 is 5.97 Å². The number of nitrogens with one attached hydrogen (secondary N) is 1. The molecule has 0 aliphatic carbocycles. The third-order valence-electron chi connectivity index (χ3n) is 6.65. The van der Waals surface area contributed by atoms with Crippen molar-refractivity contribution in [1.29, 1.82) is 0 Å². The van der Waals surface area contributed by atoms with Crippen molar-refractivity contribution >= 4 is 68.5 Å². The number of aromatic nitrogens is 1. The van der Waals surface area contributed by atoms with Crippen molar-refractivity contribution in [1.82, 2.24) is 15.2 Å². The van der Waals surface area contributed by atoms with Crippen molar-refractivity contribution in [2.24, 2.45) is 0 Å². The smallest absolute Gasteiger partial charge is 0.356 e. The van der Waals surface area contributed by atoms with Crippen LogP contribution in [0.15, 0.2) is 93.8 Å². The minimum Gasteiger partial charge on any atom is -0.456 e. The van der Waals surface area contributed by atoms with Gasteiger partial charge in [-0.05, 0) is 35.4 Å². The molecule has 1 unspecified atom stereocenters. The Bertz CT molecular complexity index is 1690. The number of nitro groups is 1. The fraction of sp³-hybridized carbons (Fsp3) is 0.172. The summed E-state index contributed by atoms with van der Waals surface area (Å²) in [5.74, 6) is -0.939. The molecule has 2 atom stereocenters. The molecular formula is C29H22N4O6S3. The number of thioether (sulfide) groups is 2. The largest absolute Gasteiger partial charge is 0.456 e. The Kier molecular flexibility index (Phi) is 7.96. The van der Waals surface area contributed by atoms with Gasteiger partial charge in [0.05, 0.1) is 21.6 Å². The molecule has 212 valence electrons. The topological polar surface area (TPSA) is 132 Å². The number of hydrogen-bond acceptors (Lipinski definition) is 10. The number of amides is 2. The predicted molar refractivity (Wildman–Crippen MR) is 161 cm³/mol. The van der Waals surface area contributed by atoms with Crippen LogP contribution in [0.3, 0.4) is 0 Å². The Morgan fingerprint density at radius 3 is 2.52 bits per heavy atom. The summed E-state index contributed by atoms with van der Waals surface area (Å²) >= 11 is 4.28. The number of nitrogens with zero attached hydrogens (tertiary/aromatic N) is 3. The van der Waals surface area contributed by atoms with Crippen LogP contribution in [0.2, 0.25) is 0 Å². The fourth-order valence-corrected chi connectivity index (χ4v) is 8.30. The maximum Gasteiger partial charge on any atom is 0.356 e. The molecule has 2 amide bonds. The minimum absolute atomic E-state index is 0.0685. The van der Waals surface area contributed by atoms with Crippen LogP contribution in [0.4, 0.5) is 5.69 Å². The van der Waals surface area contributed by atoms with Gasteiger partial charge in [0.2, 0.25) is 5.91 Å². The Morgan fingerprint density at radius 2 is 1.79 bits per heavy atom. The van der Waals surface area contributed by atoms with Crippen LogP contribution in [0.25, 0.3) is 10.2 Å². The zero-order chi connectivity index (χ0) is 29.2. The number of benzene rings is 3. The number of hydrogen-bond donors (Lipinski definition) is 1. The molecule has 1 N–H and O–H groups in total. The zero-order valence-corrected chi connectivity index (χ0v) is 24.2. The molecule has 3 aromatic carbocycles. The molecule has 2 aliphatic heterocycles. The van der Waals surface area contributed by atoms with E-state index in [1.54, 1.807) is 0 Å². The first kappa shape index (κ1) is 27.9. The summed E-state index contributed by atoms with van der Waals surface area (Å²) in [7, 11) is 0. The van der Waals surface area contributed by atoms with E-state index in [2.05, 4.69) is 10.3 Å². The van der Waals surface area contributed by atoms with E-state index in [1.807, 2.05) is 54.6 Å². The quantitative estimate of drug-likeness (QED) is 0.120. The lowest BCUT2D eigenvalue weighted by Crippen LogP contribution is -2.70. The zero-order valence-electron chi connectivity index (χ0n) is 21.8. The molecule has 3 heterocycles. The summed E-state index contributed by atoms with van der Waals surface area (Å²) < 4.78 is 7.34. The average Bonchev–Trinajstić information content (AvgIpc) is 3.41. The monoisotopic (exact) mass is 618 g/mol. The molecule has 0 spiro atoms. The van der Waals surface area contributed by atoms with Gasteiger partial charge < -0.3 is 10.1 Å². The molecule has 0 radical (unpaired) electrons. The van der Waals surface area contributed by atoms with Crippen LogP contribution in [-0.4, -0.2) is 49.8 Å². The van der Waals surface area contributed by atoms with Gasteiger partial charge in [-0.3, -0.25) is 24.6 Å². The molecule has 42 heavy (non-hydrogen) atoms. The second-order valence-corrected chi connectivity index (χ2v) is 12.9. The molecule has 10 nitrogen and oxygen atoms in total. The molecule has 0 saturated carbocycles. The first-order valence-corrected chi connectivity index (χ1v) is 15.5. The van der Waals surface area contributed by atoms with E-state index in [-0.39, 0.29) is 30.3 Å². The Labute approximate surface area is 252 Å². The van der Waals surface area contributed by atoms with E-state index in [1.165, 1.54) is 64.0 Å². The second-order valence-electron chi connectivity index (χ2n) is 9.44. The normalized spacial score (nSPS) is 17.9. The van der Waals surface area contributed by atoms with Crippen molar-refractivity contribution in [3.8, 4) is 0 Å². The SMILES string of the molecule is O=C(Cc1ccccc1)NC1C(=O)N2C(C(=O)OCc3ccc([N+](=O)[O-])cc3)=C(Sc3nc4ccccc4s3)CS[C@H]12. The molecule has 1 saturated heterocycles. The maximum atomic E-state index is 13.5. The molecule has 2 aliphatic rings. The van der Waals surface area contributed by atoms with Crippen LogP contribution in [-0.2, 0) is 32.1 Å². The fourth-order valence-electron chi connectivity index (χ4n) is 4.60. The van der Waals surface area contributed by atoms with Gasteiger partial charge in [-0.2, -0.15) is 0 Å². The van der Waals surface area contributed by atoms with Gasteiger partial charge in [0.1, 0.15) is 23.7 Å². The minimum atomic E-state index is -0.766. The summed E-state index contributed by atoms with van der Waals surface area (Å²) in [5, 5.41) is 13.3. The summed E-state index contributed by atoms with van der Waals surface area (Å²) in [4.78, 5) is 56.8. The van der Waals surface area contributed by atoms with Gasteiger partial charge in [-0.25, -0.2) is 9.78 Å². The maximum absolute atomic E-state index is 13.5. The van der Waals surface area contributed by atoms with E-state index in [0.717, 1.165) is 20.1 Å². The van der Waals surface area contributed by atoms with Crippen LogP contribution in [0.1, 0.15) is 11.1 Å². The molecule has 6 rings (SSSR count). The lowest BCUT2D eigenvalue weighted by Gasteiger charge is -2.49.